The predicted octanol–water partition coefficient (Wildman–Crippen LogP) is 3.56. The first-order valence-corrected chi connectivity index (χ1v) is 8.22. The number of rotatable bonds is 6. The van der Waals surface area contributed by atoms with E-state index in [1.165, 1.54) is 12.1 Å². The van der Waals surface area contributed by atoms with Crippen LogP contribution in [0.25, 0.3) is 0 Å². The number of anilines is 1. The Morgan fingerprint density at radius 1 is 1.33 bits per heavy atom. The smallest absolute Gasteiger partial charge is 0.0587 e. The minimum absolute atomic E-state index is 0.722. The highest BCUT2D eigenvalue weighted by Crippen LogP contribution is 2.29. The number of methoxy groups -OCH3 is 1. The number of benzene rings is 1. The lowest BCUT2D eigenvalue weighted by Crippen LogP contribution is -2.38. The van der Waals surface area contributed by atoms with Crippen molar-refractivity contribution in [2.75, 3.05) is 38.3 Å². The molecule has 0 saturated carbocycles. The number of ether oxygens (including phenoxy) is 1. The molecule has 4 heteroatoms. The Hall–Kier alpha value is -0.770. The van der Waals surface area contributed by atoms with Gasteiger partial charge in [0.05, 0.1) is 6.61 Å². The Balaban J connectivity index is 1.95. The topological polar surface area (TPSA) is 24.5 Å². The maximum atomic E-state index is 6.43. The van der Waals surface area contributed by atoms with Gasteiger partial charge >= 0.3 is 0 Å². The molecule has 1 aliphatic rings. The summed E-state index contributed by atoms with van der Waals surface area (Å²) in [5, 5.41) is 4.18. The summed E-state index contributed by atoms with van der Waals surface area (Å²) in [6, 6.07) is 6.44. The molecule has 0 aromatic heterocycles. The molecule has 1 fully saturated rings. The molecule has 1 aromatic rings. The lowest BCUT2D eigenvalue weighted by molar-refractivity contribution is 0.199. The molecule has 0 aliphatic carbocycles. The fraction of sp³-hybridized carbons (Fsp3) is 0.647. The van der Waals surface area contributed by atoms with Gasteiger partial charge in [0.1, 0.15) is 0 Å². The summed E-state index contributed by atoms with van der Waals surface area (Å²) in [6.45, 7) is 9.30. The van der Waals surface area contributed by atoms with Gasteiger partial charge in [0.15, 0.2) is 0 Å². The molecule has 0 spiro atoms. The average Bonchev–Trinajstić information content (AvgIpc) is 2.48. The SMILES string of the molecule is COCCNCc1ccc(N2CCC(C)C(C)C2)cc1Cl. The van der Waals surface area contributed by atoms with Crippen LogP contribution >= 0.6 is 11.6 Å². The number of hydrogen-bond donors (Lipinski definition) is 1. The van der Waals surface area contributed by atoms with Crippen LogP contribution in [0.5, 0.6) is 0 Å². The fourth-order valence-corrected chi connectivity index (χ4v) is 3.01. The van der Waals surface area contributed by atoms with Crippen molar-refractivity contribution in [3.63, 3.8) is 0 Å². The van der Waals surface area contributed by atoms with Gasteiger partial charge in [0.2, 0.25) is 0 Å². The molecule has 1 heterocycles. The molecule has 118 valence electrons. The van der Waals surface area contributed by atoms with Crippen LogP contribution in [0, 0.1) is 11.8 Å². The number of piperidine rings is 1. The van der Waals surface area contributed by atoms with Gasteiger partial charge in [-0.3, -0.25) is 0 Å². The van der Waals surface area contributed by atoms with Gasteiger partial charge < -0.3 is 15.0 Å². The standard InChI is InChI=1S/C17H27ClN2O/c1-13-6-8-20(12-14(13)2)16-5-4-15(17(18)10-16)11-19-7-9-21-3/h4-5,10,13-14,19H,6-9,11-12H2,1-3H3. The Morgan fingerprint density at radius 2 is 2.14 bits per heavy atom. The average molecular weight is 311 g/mol. The van der Waals surface area contributed by atoms with Crippen LogP contribution < -0.4 is 10.2 Å². The van der Waals surface area contributed by atoms with Crippen molar-refractivity contribution in [2.24, 2.45) is 11.8 Å². The second-order valence-electron chi connectivity index (χ2n) is 6.13. The number of halogens is 1. The maximum absolute atomic E-state index is 6.43. The van der Waals surface area contributed by atoms with E-state index in [1.807, 2.05) is 0 Å². The largest absolute Gasteiger partial charge is 0.383 e. The summed E-state index contributed by atoms with van der Waals surface area (Å²) < 4.78 is 5.02. The van der Waals surface area contributed by atoms with Crippen molar-refractivity contribution in [1.29, 1.82) is 0 Å². The van der Waals surface area contributed by atoms with E-state index in [9.17, 15) is 0 Å². The van der Waals surface area contributed by atoms with Crippen molar-refractivity contribution in [1.82, 2.24) is 5.32 Å². The first kappa shape index (κ1) is 16.6. The number of nitrogens with zero attached hydrogens (tertiary/aromatic N) is 1. The first-order valence-electron chi connectivity index (χ1n) is 7.85. The van der Waals surface area contributed by atoms with E-state index in [0.717, 1.165) is 55.2 Å². The van der Waals surface area contributed by atoms with Crippen molar-refractivity contribution < 1.29 is 4.74 Å². The zero-order valence-corrected chi connectivity index (χ0v) is 14.1. The van der Waals surface area contributed by atoms with E-state index in [4.69, 9.17) is 16.3 Å². The Morgan fingerprint density at radius 3 is 2.81 bits per heavy atom. The molecule has 1 aliphatic heterocycles. The number of hydrogen-bond acceptors (Lipinski definition) is 3. The van der Waals surface area contributed by atoms with E-state index in [1.54, 1.807) is 7.11 Å². The molecular weight excluding hydrogens is 284 g/mol. The van der Waals surface area contributed by atoms with Crippen molar-refractivity contribution in [3.05, 3.63) is 28.8 Å². The van der Waals surface area contributed by atoms with Gasteiger partial charge in [-0.1, -0.05) is 31.5 Å². The van der Waals surface area contributed by atoms with Crippen LogP contribution in [0.15, 0.2) is 18.2 Å². The lowest BCUT2D eigenvalue weighted by Gasteiger charge is -2.37. The molecule has 2 unspecified atom stereocenters. The van der Waals surface area contributed by atoms with E-state index in [-0.39, 0.29) is 0 Å². The predicted molar refractivity (Wildman–Crippen MR) is 90.2 cm³/mol. The Kier molecular flexibility index (Phi) is 6.34. The summed E-state index contributed by atoms with van der Waals surface area (Å²) in [5.74, 6) is 1.56. The van der Waals surface area contributed by atoms with Gasteiger partial charge in [-0.2, -0.15) is 0 Å². The van der Waals surface area contributed by atoms with E-state index in [0.29, 0.717) is 0 Å². The zero-order chi connectivity index (χ0) is 15.2. The molecule has 0 bridgehead atoms. The molecule has 2 atom stereocenters. The highest BCUT2D eigenvalue weighted by atomic mass is 35.5. The minimum atomic E-state index is 0.722. The molecule has 1 aromatic carbocycles. The third kappa shape index (κ3) is 4.60. The summed E-state index contributed by atoms with van der Waals surface area (Å²) in [7, 11) is 1.71. The molecule has 2 rings (SSSR count). The van der Waals surface area contributed by atoms with Crippen LogP contribution in [0.3, 0.4) is 0 Å². The minimum Gasteiger partial charge on any atom is -0.383 e. The molecule has 1 N–H and O–H groups in total. The second kappa shape index (κ2) is 8.02. The van der Waals surface area contributed by atoms with Crippen LogP contribution in [-0.4, -0.2) is 33.4 Å². The van der Waals surface area contributed by atoms with E-state index < -0.39 is 0 Å². The fourth-order valence-electron chi connectivity index (χ4n) is 2.77. The van der Waals surface area contributed by atoms with Crippen molar-refractivity contribution in [2.45, 2.75) is 26.8 Å². The maximum Gasteiger partial charge on any atom is 0.0587 e. The van der Waals surface area contributed by atoms with E-state index in [2.05, 4.69) is 42.3 Å². The third-order valence-electron chi connectivity index (χ3n) is 4.53. The van der Waals surface area contributed by atoms with Crippen LogP contribution in [0.1, 0.15) is 25.8 Å². The number of nitrogens with one attached hydrogen (secondary N) is 1. The lowest BCUT2D eigenvalue weighted by atomic mass is 9.88. The van der Waals surface area contributed by atoms with E-state index >= 15 is 0 Å². The molecule has 0 radical (unpaired) electrons. The first-order chi connectivity index (χ1) is 10.1. The van der Waals surface area contributed by atoms with Crippen molar-refractivity contribution >= 4 is 17.3 Å². The Bertz CT molecular complexity index is 452. The normalized spacial score (nSPS) is 22.6. The Labute approximate surface area is 133 Å². The molecule has 21 heavy (non-hydrogen) atoms. The molecule has 0 amide bonds. The molecular formula is C17H27ClN2O. The highest BCUT2D eigenvalue weighted by molar-refractivity contribution is 6.31. The van der Waals surface area contributed by atoms with Crippen LogP contribution in [0.4, 0.5) is 5.69 Å². The summed E-state index contributed by atoms with van der Waals surface area (Å²) >= 11 is 6.43. The van der Waals surface area contributed by atoms with Gasteiger partial charge in [-0.05, 0) is 36.0 Å². The quantitative estimate of drug-likeness (QED) is 0.813. The van der Waals surface area contributed by atoms with Crippen molar-refractivity contribution in [3.8, 4) is 0 Å². The van der Waals surface area contributed by atoms with Gasteiger partial charge in [0.25, 0.3) is 0 Å². The van der Waals surface area contributed by atoms with Crippen LogP contribution in [-0.2, 0) is 11.3 Å². The van der Waals surface area contributed by atoms with Gasteiger partial charge in [-0.15, -0.1) is 0 Å². The monoisotopic (exact) mass is 310 g/mol. The summed E-state index contributed by atoms with van der Waals surface area (Å²) in [5.41, 5.74) is 2.40. The molecule has 1 saturated heterocycles. The highest BCUT2D eigenvalue weighted by Gasteiger charge is 2.23. The third-order valence-corrected chi connectivity index (χ3v) is 4.89. The summed E-state index contributed by atoms with van der Waals surface area (Å²) in [6.07, 6.45) is 1.26. The molecule has 3 nitrogen and oxygen atoms in total. The second-order valence-corrected chi connectivity index (χ2v) is 6.54. The zero-order valence-electron chi connectivity index (χ0n) is 13.4. The van der Waals surface area contributed by atoms with Gasteiger partial charge in [0, 0.05) is 44.0 Å². The summed E-state index contributed by atoms with van der Waals surface area (Å²) in [4.78, 5) is 2.46. The van der Waals surface area contributed by atoms with Gasteiger partial charge in [-0.25, -0.2) is 0 Å². The van der Waals surface area contributed by atoms with Crippen LogP contribution in [0.2, 0.25) is 5.02 Å².